The fourth-order valence-corrected chi connectivity index (χ4v) is 2.41. The second-order valence-electron chi connectivity index (χ2n) is 5.50. The van der Waals surface area contributed by atoms with Crippen molar-refractivity contribution in [1.82, 2.24) is 0 Å². The number of hydrogen-bond donors (Lipinski definition) is 1. The van der Waals surface area contributed by atoms with Crippen LogP contribution in [0.3, 0.4) is 0 Å². The van der Waals surface area contributed by atoms with Crippen LogP contribution in [0.25, 0.3) is 0 Å². The number of aliphatic hydroxyl groups is 1. The number of nitrogens with zero attached hydrogens (tertiary/aromatic N) is 1. The second kappa shape index (κ2) is 7.62. The van der Waals surface area contributed by atoms with Gasteiger partial charge in [0.2, 0.25) is 11.2 Å². The fourth-order valence-electron chi connectivity index (χ4n) is 2.41. The Labute approximate surface area is 148 Å². The Kier molecular flexibility index (Phi) is 5.09. The van der Waals surface area contributed by atoms with Crippen molar-refractivity contribution in [2.75, 3.05) is 0 Å². The lowest BCUT2D eigenvalue weighted by molar-refractivity contribution is -0.384. The van der Waals surface area contributed by atoms with Crippen LogP contribution >= 0.6 is 0 Å². The van der Waals surface area contributed by atoms with Gasteiger partial charge in [-0.1, -0.05) is 30.3 Å². The Balaban J connectivity index is 1.88. The molecule has 3 aromatic rings. The van der Waals surface area contributed by atoms with E-state index in [1.54, 1.807) is 0 Å². The zero-order valence-corrected chi connectivity index (χ0v) is 13.6. The van der Waals surface area contributed by atoms with Gasteiger partial charge in [0.05, 0.1) is 11.2 Å². The van der Waals surface area contributed by atoms with Gasteiger partial charge >= 0.3 is 0 Å². The van der Waals surface area contributed by atoms with Gasteiger partial charge in [0.25, 0.3) is 5.69 Å². The van der Waals surface area contributed by atoms with E-state index in [-0.39, 0.29) is 23.8 Å². The van der Waals surface area contributed by atoms with Crippen molar-refractivity contribution >= 4 is 5.69 Å². The molecule has 0 radical (unpaired) electrons. The van der Waals surface area contributed by atoms with E-state index in [9.17, 15) is 20.0 Å². The molecule has 1 heterocycles. The van der Waals surface area contributed by atoms with Gasteiger partial charge in [-0.25, -0.2) is 0 Å². The van der Waals surface area contributed by atoms with Gasteiger partial charge in [-0.2, -0.15) is 0 Å². The zero-order chi connectivity index (χ0) is 18.5. The number of nitro benzene ring substituents is 1. The summed E-state index contributed by atoms with van der Waals surface area (Å²) in [6.45, 7) is 0.135. The van der Waals surface area contributed by atoms with Crippen molar-refractivity contribution in [2.24, 2.45) is 0 Å². The molecule has 0 saturated heterocycles. The van der Waals surface area contributed by atoms with Crippen molar-refractivity contribution in [3.63, 3.8) is 0 Å². The third-order valence-corrected chi connectivity index (χ3v) is 3.76. The lowest BCUT2D eigenvalue weighted by Crippen LogP contribution is -2.12. The molecule has 0 aliphatic rings. The minimum Gasteiger partial charge on any atom is -0.482 e. The molecule has 0 amide bonds. The van der Waals surface area contributed by atoms with Gasteiger partial charge in [-0.3, -0.25) is 14.9 Å². The van der Waals surface area contributed by atoms with Crippen molar-refractivity contribution in [2.45, 2.75) is 12.7 Å². The van der Waals surface area contributed by atoms with Crippen LogP contribution in [-0.4, -0.2) is 10.0 Å². The van der Waals surface area contributed by atoms with Crippen LogP contribution in [-0.2, 0) is 6.61 Å². The molecule has 0 saturated carbocycles. The predicted octanol–water partition coefficient (Wildman–Crippen LogP) is 3.21. The molecular weight excluding hydrogens is 338 g/mol. The molecule has 3 rings (SSSR count). The Hall–Kier alpha value is -3.45. The van der Waals surface area contributed by atoms with Gasteiger partial charge in [0, 0.05) is 18.2 Å². The minimum absolute atomic E-state index is 0.0534. The van der Waals surface area contributed by atoms with Crippen LogP contribution < -0.4 is 10.2 Å². The monoisotopic (exact) mass is 353 g/mol. The minimum atomic E-state index is -1.30. The highest BCUT2D eigenvalue weighted by molar-refractivity contribution is 5.38. The summed E-state index contributed by atoms with van der Waals surface area (Å²) in [6, 6.07) is 15.8. The van der Waals surface area contributed by atoms with Crippen molar-refractivity contribution in [3.8, 4) is 5.75 Å². The van der Waals surface area contributed by atoms with Crippen LogP contribution in [0.4, 0.5) is 5.69 Å². The summed E-state index contributed by atoms with van der Waals surface area (Å²) in [6.07, 6.45) is -0.128. The molecule has 1 unspecified atom stereocenters. The number of aliphatic hydroxyl groups excluding tert-OH is 1. The van der Waals surface area contributed by atoms with E-state index < -0.39 is 16.5 Å². The van der Waals surface area contributed by atoms with Gasteiger partial charge in [0.15, 0.2) is 5.76 Å². The first-order valence-electron chi connectivity index (χ1n) is 7.77. The Morgan fingerprint density at radius 3 is 2.42 bits per heavy atom. The molecule has 7 heteroatoms. The smallest absolute Gasteiger partial charge is 0.269 e. The largest absolute Gasteiger partial charge is 0.482 e. The molecule has 2 aromatic carbocycles. The quantitative estimate of drug-likeness (QED) is 0.539. The lowest BCUT2D eigenvalue weighted by atomic mass is 10.1. The SMILES string of the molecule is O=c1ccoc(C(O)c2ccc([N+](=O)[O-])cc2)c1OCc1ccccc1. The zero-order valence-electron chi connectivity index (χ0n) is 13.6. The average molecular weight is 353 g/mol. The molecular formula is C19H15NO6. The number of benzene rings is 2. The maximum atomic E-state index is 12.2. The third-order valence-electron chi connectivity index (χ3n) is 3.76. The first kappa shape index (κ1) is 17.4. The Bertz CT molecular complexity index is 950. The molecule has 1 N–H and O–H groups in total. The van der Waals surface area contributed by atoms with Crippen LogP contribution in [0.5, 0.6) is 5.75 Å². The molecule has 0 bridgehead atoms. The van der Waals surface area contributed by atoms with E-state index in [2.05, 4.69) is 0 Å². The van der Waals surface area contributed by atoms with Crippen LogP contribution in [0.15, 0.2) is 76.1 Å². The third kappa shape index (κ3) is 3.79. The second-order valence-corrected chi connectivity index (χ2v) is 5.50. The summed E-state index contributed by atoms with van der Waals surface area (Å²) in [5.74, 6) is -0.149. The first-order valence-corrected chi connectivity index (χ1v) is 7.77. The topological polar surface area (TPSA) is 103 Å². The Morgan fingerprint density at radius 2 is 1.77 bits per heavy atom. The summed E-state index contributed by atoms with van der Waals surface area (Å²) < 4.78 is 10.9. The van der Waals surface area contributed by atoms with E-state index in [4.69, 9.17) is 9.15 Å². The lowest BCUT2D eigenvalue weighted by Gasteiger charge is -2.14. The molecule has 132 valence electrons. The molecule has 0 aliphatic heterocycles. The fraction of sp³-hybridized carbons (Fsp3) is 0.105. The van der Waals surface area contributed by atoms with Gasteiger partial charge < -0.3 is 14.3 Å². The Morgan fingerprint density at radius 1 is 1.08 bits per heavy atom. The van der Waals surface area contributed by atoms with Gasteiger partial charge in [-0.15, -0.1) is 0 Å². The molecule has 0 aliphatic carbocycles. The first-order chi connectivity index (χ1) is 12.6. The summed E-state index contributed by atoms with van der Waals surface area (Å²) in [5, 5.41) is 21.3. The van der Waals surface area contributed by atoms with E-state index in [0.29, 0.717) is 5.56 Å². The van der Waals surface area contributed by atoms with E-state index in [1.165, 1.54) is 36.6 Å². The predicted molar refractivity (Wildman–Crippen MR) is 92.9 cm³/mol. The van der Waals surface area contributed by atoms with E-state index in [1.807, 2.05) is 30.3 Å². The average Bonchev–Trinajstić information content (AvgIpc) is 2.67. The molecule has 1 atom stereocenters. The molecule has 0 spiro atoms. The number of ether oxygens (including phenoxy) is 1. The summed E-state index contributed by atoms with van der Waals surface area (Å²) in [5.41, 5.74) is 0.667. The highest BCUT2D eigenvalue weighted by Gasteiger charge is 2.22. The molecule has 26 heavy (non-hydrogen) atoms. The molecule has 0 fully saturated rings. The van der Waals surface area contributed by atoms with Gasteiger partial charge in [0.1, 0.15) is 12.7 Å². The number of rotatable bonds is 6. The van der Waals surface area contributed by atoms with E-state index in [0.717, 1.165) is 5.56 Å². The number of hydrogen-bond acceptors (Lipinski definition) is 6. The van der Waals surface area contributed by atoms with Crippen molar-refractivity contribution in [3.05, 3.63) is 104 Å². The number of non-ortho nitro benzene ring substituents is 1. The number of nitro groups is 1. The highest BCUT2D eigenvalue weighted by atomic mass is 16.6. The summed E-state index contributed by atoms with van der Waals surface area (Å²) >= 11 is 0. The maximum Gasteiger partial charge on any atom is 0.269 e. The van der Waals surface area contributed by atoms with E-state index >= 15 is 0 Å². The van der Waals surface area contributed by atoms with Gasteiger partial charge in [-0.05, 0) is 23.3 Å². The van der Waals surface area contributed by atoms with Crippen LogP contribution in [0, 0.1) is 10.1 Å². The van der Waals surface area contributed by atoms with Crippen LogP contribution in [0.2, 0.25) is 0 Å². The summed E-state index contributed by atoms with van der Waals surface area (Å²) in [7, 11) is 0. The van der Waals surface area contributed by atoms with Crippen molar-refractivity contribution in [1.29, 1.82) is 0 Å². The summed E-state index contributed by atoms with van der Waals surface area (Å²) in [4.78, 5) is 22.4. The molecule has 7 nitrogen and oxygen atoms in total. The van der Waals surface area contributed by atoms with Crippen molar-refractivity contribution < 1.29 is 19.2 Å². The van der Waals surface area contributed by atoms with Crippen LogP contribution in [0.1, 0.15) is 23.0 Å². The standard InChI is InChI=1S/C19H15NO6/c21-16-10-11-25-19(18(16)26-12-13-4-2-1-3-5-13)17(22)14-6-8-15(9-7-14)20(23)24/h1-11,17,22H,12H2. The maximum absolute atomic E-state index is 12.2. The highest BCUT2D eigenvalue weighted by Crippen LogP contribution is 2.29. The molecule has 1 aromatic heterocycles. The normalized spacial score (nSPS) is 11.7.